The van der Waals surface area contributed by atoms with E-state index in [9.17, 15) is 9.59 Å². The fraction of sp³-hybridized carbons (Fsp3) is 0.308. The number of carbonyl (C=O) groups excluding carboxylic acids is 2. The lowest BCUT2D eigenvalue weighted by atomic mass is 10.0. The van der Waals surface area contributed by atoms with Crippen molar-refractivity contribution in [2.45, 2.75) is 51.2 Å². The number of aryl methyl sites for hydroxylation is 1. The standard InChI is InChI=1S/C26H31N5O2S/c1-5-15-31-23(16-24(32)27-21-13-9-7-11-19(21)6-2)29-30-26(31)34-17-25(33)28-22-14-10-8-12-20(22)18(3)4/h5,7-14,18H,1,6,15-17H2,2-4H3,(H,27,32)(H,28,33). The third kappa shape index (κ3) is 6.57. The van der Waals surface area contributed by atoms with Gasteiger partial charge in [-0.1, -0.05) is 75.0 Å². The van der Waals surface area contributed by atoms with Crippen LogP contribution in [-0.2, 0) is 29.0 Å². The fourth-order valence-electron chi connectivity index (χ4n) is 3.59. The van der Waals surface area contributed by atoms with Crippen LogP contribution in [0.5, 0.6) is 0 Å². The molecule has 2 N–H and O–H groups in total. The Morgan fingerprint density at radius 2 is 1.71 bits per heavy atom. The van der Waals surface area contributed by atoms with Gasteiger partial charge in [-0.3, -0.25) is 9.59 Å². The molecule has 0 spiro atoms. The number of nitrogens with one attached hydrogen (secondary N) is 2. The molecule has 8 heteroatoms. The normalized spacial score (nSPS) is 10.8. The molecule has 0 atom stereocenters. The number of hydrogen-bond acceptors (Lipinski definition) is 5. The Morgan fingerprint density at radius 1 is 1.03 bits per heavy atom. The molecule has 3 rings (SSSR count). The van der Waals surface area contributed by atoms with E-state index in [1.807, 2.05) is 60.0 Å². The summed E-state index contributed by atoms with van der Waals surface area (Å²) in [4.78, 5) is 25.3. The molecule has 0 aliphatic rings. The third-order valence-corrected chi connectivity index (χ3v) is 6.25. The highest BCUT2D eigenvalue weighted by molar-refractivity contribution is 7.99. The van der Waals surface area contributed by atoms with Crippen LogP contribution in [0.3, 0.4) is 0 Å². The first-order chi connectivity index (χ1) is 16.4. The summed E-state index contributed by atoms with van der Waals surface area (Å²) in [6.07, 6.45) is 2.63. The second-order valence-electron chi connectivity index (χ2n) is 8.11. The van der Waals surface area contributed by atoms with Crippen LogP contribution in [0.2, 0.25) is 0 Å². The van der Waals surface area contributed by atoms with Crippen LogP contribution in [0.15, 0.2) is 66.3 Å². The lowest BCUT2D eigenvalue weighted by Gasteiger charge is -2.13. The quantitative estimate of drug-likeness (QED) is 0.298. The molecular formula is C26H31N5O2S. The Labute approximate surface area is 205 Å². The van der Waals surface area contributed by atoms with Crippen LogP contribution >= 0.6 is 11.8 Å². The van der Waals surface area contributed by atoms with Crippen LogP contribution in [0.1, 0.15) is 43.6 Å². The third-order valence-electron chi connectivity index (χ3n) is 5.29. The summed E-state index contributed by atoms with van der Waals surface area (Å²) in [6, 6.07) is 15.5. The Morgan fingerprint density at radius 3 is 2.41 bits per heavy atom. The highest BCUT2D eigenvalue weighted by Crippen LogP contribution is 2.25. The predicted molar refractivity (Wildman–Crippen MR) is 138 cm³/mol. The summed E-state index contributed by atoms with van der Waals surface area (Å²) < 4.78 is 1.82. The van der Waals surface area contributed by atoms with Crippen molar-refractivity contribution in [2.75, 3.05) is 16.4 Å². The zero-order chi connectivity index (χ0) is 24.5. The van der Waals surface area contributed by atoms with Crippen LogP contribution < -0.4 is 10.6 Å². The van der Waals surface area contributed by atoms with E-state index in [4.69, 9.17) is 0 Å². The number of rotatable bonds is 11. The van der Waals surface area contributed by atoms with E-state index >= 15 is 0 Å². The van der Waals surface area contributed by atoms with E-state index in [0.717, 1.165) is 28.9 Å². The number of anilines is 2. The van der Waals surface area contributed by atoms with Gasteiger partial charge in [-0.25, -0.2) is 0 Å². The Balaban J connectivity index is 1.65. The monoisotopic (exact) mass is 477 g/mol. The lowest BCUT2D eigenvalue weighted by Crippen LogP contribution is -2.19. The summed E-state index contributed by atoms with van der Waals surface area (Å²) >= 11 is 1.28. The zero-order valence-corrected chi connectivity index (χ0v) is 20.7. The number of aromatic nitrogens is 3. The topological polar surface area (TPSA) is 88.9 Å². The average Bonchev–Trinajstić information content (AvgIpc) is 3.19. The molecule has 3 aromatic rings. The Kier molecular flexibility index (Phi) is 9.04. The van der Waals surface area contributed by atoms with Gasteiger partial charge in [0.25, 0.3) is 0 Å². The van der Waals surface area contributed by atoms with E-state index in [-0.39, 0.29) is 24.0 Å². The van der Waals surface area contributed by atoms with Crippen molar-refractivity contribution in [2.24, 2.45) is 0 Å². The van der Waals surface area contributed by atoms with Crippen molar-refractivity contribution in [1.29, 1.82) is 0 Å². The molecule has 1 aromatic heterocycles. The minimum absolute atomic E-state index is 0.0768. The number of para-hydroxylation sites is 2. The van der Waals surface area contributed by atoms with E-state index < -0.39 is 0 Å². The van der Waals surface area contributed by atoms with E-state index in [1.165, 1.54) is 11.8 Å². The highest BCUT2D eigenvalue weighted by Gasteiger charge is 2.17. The average molecular weight is 478 g/mol. The number of benzene rings is 2. The molecule has 178 valence electrons. The second-order valence-corrected chi connectivity index (χ2v) is 9.06. The molecule has 0 radical (unpaired) electrons. The number of amides is 2. The highest BCUT2D eigenvalue weighted by atomic mass is 32.2. The molecule has 1 heterocycles. The molecule has 0 aliphatic carbocycles. The van der Waals surface area contributed by atoms with Crippen molar-refractivity contribution in [3.8, 4) is 0 Å². The molecule has 0 aliphatic heterocycles. The number of carbonyl (C=O) groups is 2. The number of thioether (sulfide) groups is 1. The number of nitrogens with zero attached hydrogens (tertiary/aromatic N) is 3. The van der Waals surface area contributed by atoms with Gasteiger partial charge in [-0.2, -0.15) is 0 Å². The molecule has 0 saturated heterocycles. The first kappa shape index (κ1) is 25.2. The maximum atomic E-state index is 12.7. The minimum Gasteiger partial charge on any atom is -0.325 e. The van der Waals surface area contributed by atoms with Crippen molar-refractivity contribution in [1.82, 2.24) is 14.8 Å². The SMILES string of the molecule is C=CCn1c(CC(=O)Nc2ccccc2CC)nnc1SCC(=O)Nc1ccccc1C(C)C. The van der Waals surface area contributed by atoms with Gasteiger partial charge in [0.1, 0.15) is 5.82 Å². The summed E-state index contributed by atoms with van der Waals surface area (Å²) in [7, 11) is 0. The van der Waals surface area contributed by atoms with Gasteiger partial charge in [0, 0.05) is 17.9 Å². The first-order valence-corrected chi connectivity index (χ1v) is 12.3. The molecule has 0 saturated carbocycles. The van der Waals surface area contributed by atoms with Crippen molar-refractivity contribution in [3.05, 3.63) is 78.1 Å². The number of allylic oxidation sites excluding steroid dienone is 1. The Hall–Kier alpha value is -3.39. The Bertz CT molecular complexity index is 1160. The van der Waals surface area contributed by atoms with Gasteiger partial charge in [0.15, 0.2) is 5.16 Å². The molecule has 0 unspecified atom stereocenters. The molecule has 7 nitrogen and oxygen atoms in total. The van der Waals surface area contributed by atoms with Gasteiger partial charge < -0.3 is 15.2 Å². The van der Waals surface area contributed by atoms with Crippen LogP contribution in [0, 0.1) is 0 Å². The van der Waals surface area contributed by atoms with E-state index in [0.29, 0.717) is 23.4 Å². The molecule has 0 fully saturated rings. The summed E-state index contributed by atoms with van der Waals surface area (Å²) in [5, 5.41) is 15.0. The van der Waals surface area contributed by atoms with Crippen LogP contribution in [-0.4, -0.2) is 32.3 Å². The lowest BCUT2D eigenvalue weighted by molar-refractivity contribution is -0.116. The minimum atomic E-state index is -0.168. The van der Waals surface area contributed by atoms with Crippen molar-refractivity contribution in [3.63, 3.8) is 0 Å². The van der Waals surface area contributed by atoms with Crippen LogP contribution in [0.25, 0.3) is 0 Å². The zero-order valence-electron chi connectivity index (χ0n) is 19.9. The van der Waals surface area contributed by atoms with Gasteiger partial charge in [-0.15, -0.1) is 16.8 Å². The maximum Gasteiger partial charge on any atom is 0.234 e. The largest absolute Gasteiger partial charge is 0.325 e. The van der Waals surface area contributed by atoms with Gasteiger partial charge in [-0.05, 0) is 35.6 Å². The van der Waals surface area contributed by atoms with Crippen molar-refractivity contribution < 1.29 is 9.59 Å². The fourth-order valence-corrected chi connectivity index (χ4v) is 4.35. The second kappa shape index (κ2) is 12.2. The maximum absolute atomic E-state index is 12.7. The first-order valence-electron chi connectivity index (χ1n) is 11.3. The number of hydrogen-bond donors (Lipinski definition) is 2. The van der Waals surface area contributed by atoms with Gasteiger partial charge in [0.05, 0.1) is 12.2 Å². The summed E-state index contributed by atoms with van der Waals surface area (Å²) in [5.74, 6) is 0.717. The molecule has 34 heavy (non-hydrogen) atoms. The molecule has 0 bridgehead atoms. The summed E-state index contributed by atoms with van der Waals surface area (Å²) in [6.45, 7) is 10.5. The molecular weight excluding hydrogens is 446 g/mol. The van der Waals surface area contributed by atoms with Crippen LogP contribution in [0.4, 0.5) is 11.4 Å². The van der Waals surface area contributed by atoms with E-state index in [2.05, 4.69) is 41.3 Å². The summed E-state index contributed by atoms with van der Waals surface area (Å²) in [5.41, 5.74) is 3.79. The van der Waals surface area contributed by atoms with Gasteiger partial charge in [0.2, 0.25) is 11.8 Å². The van der Waals surface area contributed by atoms with E-state index in [1.54, 1.807) is 6.08 Å². The predicted octanol–water partition coefficient (Wildman–Crippen LogP) is 5.06. The van der Waals surface area contributed by atoms with Crippen molar-refractivity contribution >= 4 is 35.0 Å². The molecule has 2 aromatic carbocycles. The van der Waals surface area contributed by atoms with Gasteiger partial charge >= 0.3 is 0 Å². The smallest absolute Gasteiger partial charge is 0.234 e. The molecule has 2 amide bonds.